The first-order valence-corrected chi connectivity index (χ1v) is 5.82. The fraction of sp³-hybridized carbons (Fsp3) is 0.500. The number of ether oxygens (including phenoxy) is 1. The Morgan fingerprint density at radius 3 is 2.67 bits per heavy atom. The first-order valence-electron chi connectivity index (χ1n) is 5.82. The van der Waals surface area contributed by atoms with Gasteiger partial charge in [0.25, 0.3) is 5.91 Å². The first-order chi connectivity index (χ1) is 8.60. The normalized spacial score (nSPS) is 10.3. The summed E-state index contributed by atoms with van der Waals surface area (Å²) in [5.74, 6) is -1.21. The number of nitrogens with one attached hydrogen (secondary N) is 1. The summed E-state index contributed by atoms with van der Waals surface area (Å²) < 4.78 is 10.3. The lowest BCUT2D eigenvalue weighted by atomic mass is 10.2. The second-order valence-corrected chi connectivity index (χ2v) is 3.56. The summed E-state index contributed by atoms with van der Waals surface area (Å²) in [6.07, 6.45) is 0.424. The van der Waals surface area contributed by atoms with Crippen LogP contribution in [0.1, 0.15) is 40.5 Å². The second kappa shape index (κ2) is 6.80. The highest BCUT2D eigenvalue weighted by Crippen LogP contribution is 2.16. The molecule has 0 unspecified atom stereocenters. The summed E-state index contributed by atoms with van der Waals surface area (Å²) in [6.45, 7) is 4.98. The van der Waals surface area contributed by atoms with Gasteiger partial charge in [0.2, 0.25) is 0 Å². The molecule has 0 saturated carbocycles. The van der Waals surface area contributed by atoms with Crippen molar-refractivity contribution in [3.8, 4) is 0 Å². The van der Waals surface area contributed by atoms with E-state index in [1.165, 1.54) is 6.07 Å². The number of carboxylic acids is 1. The fourth-order valence-corrected chi connectivity index (χ4v) is 1.45. The molecule has 0 atom stereocenters. The molecule has 1 heterocycles. The standard InChI is InChI=1S/C12H17NO5/c1-3-9-8(12(15)16)7-10(18-9)11(14)13-5-6-17-4-2/h7H,3-6H2,1-2H3,(H,13,14)(H,15,16). The monoisotopic (exact) mass is 255 g/mol. The summed E-state index contributed by atoms with van der Waals surface area (Å²) >= 11 is 0. The van der Waals surface area contributed by atoms with E-state index in [-0.39, 0.29) is 11.3 Å². The summed E-state index contributed by atoms with van der Waals surface area (Å²) in [5.41, 5.74) is 0.0347. The van der Waals surface area contributed by atoms with E-state index < -0.39 is 11.9 Å². The van der Waals surface area contributed by atoms with Crippen molar-refractivity contribution in [3.63, 3.8) is 0 Å². The number of amides is 1. The van der Waals surface area contributed by atoms with E-state index >= 15 is 0 Å². The third-order valence-electron chi connectivity index (χ3n) is 2.32. The van der Waals surface area contributed by atoms with Crippen molar-refractivity contribution in [2.24, 2.45) is 0 Å². The number of carbonyl (C=O) groups is 2. The van der Waals surface area contributed by atoms with Crippen LogP contribution >= 0.6 is 0 Å². The third-order valence-corrected chi connectivity index (χ3v) is 2.32. The topological polar surface area (TPSA) is 88.8 Å². The number of aromatic carboxylic acids is 1. The van der Waals surface area contributed by atoms with Crippen LogP contribution in [0.5, 0.6) is 0 Å². The van der Waals surface area contributed by atoms with E-state index in [1.54, 1.807) is 6.92 Å². The number of furan rings is 1. The predicted molar refractivity (Wildman–Crippen MR) is 63.9 cm³/mol. The highest BCUT2D eigenvalue weighted by molar-refractivity contribution is 5.96. The van der Waals surface area contributed by atoms with Crippen LogP contribution in [0.15, 0.2) is 10.5 Å². The lowest BCUT2D eigenvalue weighted by molar-refractivity contribution is 0.0694. The van der Waals surface area contributed by atoms with E-state index in [0.717, 1.165) is 0 Å². The van der Waals surface area contributed by atoms with Crippen molar-refractivity contribution >= 4 is 11.9 Å². The summed E-state index contributed by atoms with van der Waals surface area (Å²) in [7, 11) is 0. The van der Waals surface area contributed by atoms with Crippen LogP contribution < -0.4 is 5.32 Å². The average Bonchev–Trinajstić information content (AvgIpc) is 2.78. The zero-order valence-electron chi connectivity index (χ0n) is 10.5. The van der Waals surface area contributed by atoms with Crippen molar-refractivity contribution in [1.29, 1.82) is 0 Å². The van der Waals surface area contributed by atoms with Gasteiger partial charge in [-0.25, -0.2) is 4.79 Å². The Bertz CT molecular complexity index is 424. The van der Waals surface area contributed by atoms with Gasteiger partial charge in [-0.1, -0.05) is 6.92 Å². The van der Waals surface area contributed by atoms with Gasteiger partial charge in [0.15, 0.2) is 5.76 Å². The number of hydrogen-bond donors (Lipinski definition) is 2. The summed E-state index contributed by atoms with van der Waals surface area (Å²) in [4.78, 5) is 22.6. The molecule has 0 bridgehead atoms. The van der Waals surface area contributed by atoms with Crippen molar-refractivity contribution in [2.45, 2.75) is 20.3 Å². The molecular formula is C12H17NO5. The molecule has 18 heavy (non-hydrogen) atoms. The van der Waals surface area contributed by atoms with Crippen LogP contribution in [-0.2, 0) is 11.2 Å². The summed E-state index contributed by atoms with van der Waals surface area (Å²) in [5, 5.41) is 11.5. The minimum atomic E-state index is -1.09. The molecule has 6 nitrogen and oxygen atoms in total. The molecule has 1 amide bonds. The average molecular weight is 255 g/mol. The van der Waals surface area contributed by atoms with Crippen LogP contribution in [0, 0.1) is 0 Å². The molecule has 0 aliphatic heterocycles. The molecule has 6 heteroatoms. The number of hydrogen-bond acceptors (Lipinski definition) is 4. The van der Waals surface area contributed by atoms with Gasteiger partial charge >= 0.3 is 5.97 Å². The molecule has 0 spiro atoms. The van der Waals surface area contributed by atoms with Gasteiger partial charge in [0.05, 0.1) is 6.61 Å². The smallest absolute Gasteiger partial charge is 0.339 e. The Kier molecular flexibility index (Phi) is 5.38. The molecule has 2 N–H and O–H groups in total. The Hall–Kier alpha value is -1.82. The molecule has 1 aromatic heterocycles. The predicted octanol–water partition coefficient (Wildman–Crippen LogP) is 1.31. The quantitative estimate of drug-likeness (QED) is 0.717. The van der Waals surface area contributed by atoms with Crippen LogP contribution in [-0.4, -0.2) is 36.7 Å². The molecule has 1 aromatic rings. The summed E-state index contributed by atoms with van der Waals surface area (Å²) in [6, 6.07) is 1.25. The van der Waals surface area contributed by atoms with Crippen molar-refractivity contribution in [2.75, 3.05) is 19.8 Å². The van der Waals surface area contributed by atoms with Gasteiger partial charge in [0.1, 0.15) is 11.3 Å². The lowest BCUT2D eigenvalue weighted by Crippen LogP contribution is -2.26. The van der Waals surface area contributed by atoms with Gasteiger partial charge in [0, 0.05) is 25.6 Å². The SMILES string of the molecule is CCOCCNC(=O)c1cc(C(=O)O)c(CC)o1. The van der Waals surface area contributed by atoms with E-state index in [2.05, 4.69) is 5.32 Å². The van der Waals surface area contributed by atoms with Crippen LogP contribution in [0.2, 0.25) is 0 Å². The van der Waals surface area contributed by atoms with E-state index in [1.807, 2.05) is 6.92 Å². The minimum Gasteiger partial charge on any atom is -0.478 e. The molecule has 0 saturated heterocycles. The van der Waals surface area contributed by atoms with Crippen LogP contribution in [0.3, 0.4) is 0 Å². The zero-order chi connectivity index (χ0) is 13.5. The van der Waals surface area contributed by atoms with Crippen LogP contribution in [0.25, 0.3) is 0 Å². The number of carbonyl (C=O) groups excluding carboxylic acids is 1. The first kappa shape index (κ1) is 14.2. The number of rotatable bonds is 7. The number of carboxylic acid groups (broad SMARTS) is 1. The molecule has 0 aromatic carbocycles. The molecule has 0 aliphatic carbocycles. The van der Waals surface area contributed by atoms with E-state index in [9.17, 15) is 9.59 Å². The van der Waals surface area contributed by atoms with E-state index in [4.69, 9.17) is 14.3 Å². The Labute approximate surface area is 105 Å². The van der Waals surface area contributed by atoms with Gasteiger partial charge in [-0.3, -0.25) is 4.79 Å². The molecule has 100 valence electrons. The van der Waals surface area contributed by atoms with Gasteiger partial charge in [-0.15, -0.1) is 0 Å². The Balaban J connectivity index is 2.66. The van der Waals surface area contributed by atoms with Gasteiger partial charge in [-0.2, -0.15) is 0 Å². The van der Waals surface area contributed by atoms with Gasteiger partial charge < -0.3 is 19.6 Å². The molecule has 0 aliphatic rings. The Morgan fingerprint density at radius 2 is 2.17 bits per heavy atom. The second-order valence-electron chi connectivity index (χ2n) is 3.56. The molecular weight excluding hydrogens is 238 g/mol. The zero-order valence-corrected chi connectivity index (χ0v) is 10.5. The van der Waals surface area contributed by atoms with Gasteiger partial charge in [-0.05, 0) is 6.92 Å². The molecule has 1 rings (SSSR count). The van der Waals surface area contributed by atoms with Crippen molar-refractivity contribution in [1.82, 2.24) is 5.32 Å². The lowest BCUT2D eigenvalue weighted by Gasteiger charge is -2.02. The maximum absolute atomic E-state index is 11.7. The fourth-order valence-electron chi connectivity index (χ4n) is 1.45. The van der Waals surface area contributed by atoms with E-state index in [0.29, 0.717) is 31.9 Å². The third kappa shape index (κ3) is 3.59. The largest absolute Gasteiger partial charge is 0.478 e. The van der Waals surface area contributed by atoms with Crippen molar-refractivity contribution in [3.05, 3.63) is 23.2 Å². The van der Waals surface area contributed by atoms with Crippen LogP contribution in [0.4, 0.5) is 0 Å². The van der Waals surface area contributed by atoms with Crippen molar-refractivity contribution < 1.29 is 23.8 Å². The highest BCUT2D eigenvalue weighted by Gasteiger charge is 2.19. The maximum atomic E-state index is 11.7. The highest BCUT2D eigenvalue weighted by atomic mass is 16.5. The molecule has 0 fully saturated rings. The Morgan fingerprint density at radius 1 is 1.44 bits per heavy atom. The number of aryl methyl sites for hydroxylation is 1. The molecule has 0 radical (unpaired) electrons. The maximum Gasteiger partial charge on any atom is 0.339 e. The minimum absolute atomic E-state index is 0.0146.